The highest BCUT2D eigenvalue weighted by atomic mass is 79.9. The second kappa shape index (κ2) is 8.79. The maximum Gasteiger partial charge on any atom is 0.433 e. The van der Waals surface area contributed by atoms with Gasteiger partial charge in [-0.2, -0.15) is 18.3 Å². The third-order valence-corrected chi connectivity index (χ3v) is 5.75. The Morgan fingerprint density at radius 3 is 2.53 bits per heavy atom. The Morgan fingerprint density at radius 2 is 1.82 bits per heavy atom. The maximum atomic E-state index is 14.1. The van der Waals surface area contributed by atoms with Crippen molar-refractivity contribution in [2.75, 3.05) is 5.32 Å². The van der Waals surface area contributed by atoms with Crippen molar-refractivity contribution in [1.29, 1.82) is 0 Å². The molecule has 0 saturated carbocycles. The number of aryl methyl sites for hydroxylation is 1. The molecule has 0 aliphatic carbocycles. The van der Waals surface area contributed by atoms with Gasteiger partial charge in [0.25, 0.3) is 5.91 Å². The molecule has 5 nitrogen and oxygen atoms in total. The number of hydrogen-bond acceptors (Lipinski definition) is 3. The smallest absolute Gasteiger partial charge is 0.319 e. The molecule has 0 fully saturated rings. The van der Waals surface area contributed by atoms with Crippen LogP contribution in [0, 0.1) is 25.5 Å². The number of anilines is 1. The predicted octanol–water partition coefficient (Wildman–Crippen LogP) is 6.41. The van der Waals surface area contributed by atoms with Gasteiger partial charge in [0.05, 0.1) is 34.7 Å². The summed E-state index contributed by atoms with van der Waals surface area (Å²) in [4.78, 5) is 16.8. The number of aromatic nitrogens is 3. The molecule has 176 valence electrons. The molecule has 0 atom stereocenters. The molecular weight excluding hydrogens is 523 g/mol. The Hall–Kier alpha value is -3.34. The van der Waals surface area contributed by atoms with Gasteiger partial charge in [0.2, 0.25) is 0 Å². The van der Waals surface area contributed by atoms with E-state index in [1.54, 1.807) is 13.8 Å². The van der Waals surface area contributed by atoms with Gasteiger partial charge in [-0.1, -0.05) is 15.9 Å². The van der Waals surface area contributed by atoms with Gasteiger partial charge in [-0.15, -0.1) is 0 Å². The van der Waals surface area contributed by atoms with Gasteiger partial charge in [0.15, 0.2) is 0 Å². The molecule has 1 N–H and O–H groups in total. The summed E-state index contributed by atoms with van der Waals surface area (Å²) in [6, 6.07) is 8.16. The van der Waals surface area contributed by atoms with Crippen LogP contribution in [-0.4, -0.2) is 20.7 Å². The van der Waals surface area contributed by atoms with Gasteiger partial charge in [0, 0.05) is 15.4 Å². The van der Waals surface area contributed by atoms with Crippen molar-refractivity contribution in [3.8, 4) is 0 Å². The van der Waals surface area contributed by atoms with Crippen LogP contribution in [0.25, 0.3) is 10.9 Å². The number of carbonyl (C=O) groups is 1. The summed E-state index contributed by atoms with van der Waals surface area (Å²) >= 11 is 3.26. The molecule has 4 rings (SSSR count). The Labute approximate surface area is 198 Å². The molecule has 0 aliphatic rings. The average Bonchev–Trinajstić information content (AvgIpc) is 3.02. The molecule has 0 spiro atoms. The molecule has 4 aromatic rings. The molecule has 0 saturated heterocycles. The minimum Gasteiger partial charge on any atom is -0.319 e. The number of amides is 1. The van der Waals surface area contributed by atoms with Crippen molar-refractivity contribution in [1.82, 2.24) is 14.8 Å². The molecule has 2 aromatic heterocycles. The number of pyridine rings is 1. The first-order valence-electron chi connectivity index (χ1n) is 9.91. The fourth-order valence-electron chi connectivity index (χ4n) is 3.57. The van der Waals surface area contributed by atoms with Gasteiger partial charge in [0.1, 0.15) is 17.3 Å². The van der Waals surface area contributed by atoms with E-state index in [1.807, 2.05) is 0 Å². The van der Waals surface area contributed by atoms with Crippen LogP contribution in [-0.2, 0) is 12.7 Å². The number of fused-ring (bicyclic) bond motifs is 1. The van der Waals surface area contributed by atoms with E-state index in [4.69, 9.17) is 0 Å². The molecular formula is C23H16BrF5N4O. The van der Waals surface area contributed by atoms with E-state index >= 15 is 0 Å². The average molecular weight is 539 g/mol. The van der Waals surface area contributed by atoms with E-state index in [1.165, 1.54) is 22.9 Å². The standard InChI is InChI=1S/C23H16BrF5N4O/c1-11-21(12(2)33(32-11)10-13-7-15(25)4-5-18(13)26)31-22(34)17-9-20(23(27,28)29)30-19-6-3-14(24)8-16(17)19/h3-9H,10H2,1-2H3,(H,31,34). The molecule has 0 radical (unpaired) electrons. The van der Waals surface area contributed by atoms with Gasteiger partial charge < -0.3 is 5.32 Å². The summed E-state index contributed by atoms with van der Waals surface area (Å²) in [6.45, 7) is 3.09. The van der Waals surface area contributed by atoms with E-state index in [-0.39, 0.29) is 34.3 Å². The van der Waals surface area contributed by atoms with Gasteiger partial charge in [-0.25, -0.2) is 13.8 Å². The molecule has 1 amide bonds. The molecule has 11 heteroatoms. The lowest BCUT2D eigenvalue weighted by atomic mass is 10.1. The largest absolute Gasteiger partial charge is 0.433 e. The zero-order valence-corrected chi connectivity index (χ0v) is 19.4. The first-order chi connectivity index (χ1) is 15.9. The highest BCUT2D eigenvalue weighted by molar-refractivity contribution is 9.10. The number of nitrogens with zero attached hydrogens (tertiary/aromatic N) is 3. The van der Waals surface area contributed by atoms with Crippen LogP contribution < -0.4 is 5.32 Å². The third-order valence-electron chi connectivity index (χ3n) is 5.25. The molecule has 2 aromatic carbocycles. The highest BCUT2D eigenvalue weighted by Crippen LogP contribution is 2.32. The second-order valence-corrected chi connectivity index (χ2v) is 8.52. The lowest BCUT2D eigenvalue weighted by molar-refractivity contribution is -0.140. The van der Waals surface area contributed by atoms with Gasteiger partial charge in [-0.3, -0.25) is 9.48 Å². The summed E-state index contributed by atoms with van der Waals surface area (Å²) in [5.41, 5.74) is -0.310. The van der Waals surface area contributed by atoms with E-state index in [2.05, 4.69) is 31.3 Å². The lowest BCUT2D eigenvalue weighted by Crippen LogP contribution is -2.17. The first-order valence-corrected chi connectivity index (χ1v) is 10.7. The van der Waals surface area contributed by atoms with Crippen molar-refractivity contribution in [3.05, 3.63) is 86.8 Å². The number of rotatable bonds is 4. The highest BCUT2D eigenvalue weighted by Gasteiger charge is 2.34. The summed E-state index contributed by atoms with van der Waals surface area (Å²) in [6.07, 6.45) is -4.75. The molecule has 2 heterocycles. The Balaban J connectivity index is 1.72. The van der Waals surface area contributed by atoms with Crippen molar-refractivity contribution < 1.29 is 26.7 Å². The number of halogens is 6. The minimum atomic E-state index is -4.75. The predicted molar refractivity (Wildman–Crippen MR) is 120 cm³/mol. The van der Waals surface area contributed by atoms with Crippen LogP contribution in [0.5, 0.6) is 0 Å². The monoisotopic (exact) mass is 538 g/mol. The minimum absolute atomic E-state index is 0.00823. The Kier molecular flexibility index (Phi) is 6.15. The van der Waals surface area contributed by atoms with Crippen LogP contribution in [0.1, 0.15) is 33.0 Å². The van der Waals surface area contributed by atoms with Crippen LogP contribution in [0.15, 0.2) is 46.9 Å². The van der Waals surface area contributed by atoms with Crippen LogP contribution >= 0.6 is 15.9 Å². The van der Waals surface area contributed by atoms with E-state index in [0.717, 1.165) is 18.2 Å². The number of nitrogens with one attached hydrogen (secondary N) is 1. The zero-order valence-electron chi connectivity index (χ0n) is 17.8. The van der Waals surface area contributed by atoms with Crippen molar-refractivity contribution in [2.45, 2.75) is 26.6 Å². The summed E-state index contributed by atoms with van der Waals surface area (Å²) < 4.78 is 69.7. The maximum absolute atomic E-state index is 14.1. The fraction of sp³-hybridized carbons (Fsp3) is 0.174. The molecule has 0 aliphatic heterocycles. The van der Waals surface area contributed by atoms with E-state index in [0.29, 0.717) is 21.9 Å². The fourth-order valence-corrected chi connectivity index (χ4v) is 3.93. The van der Waals surface area contributed by atoms with Gasteiger partial charge in [-0.05, 0) is 56.3 Å². The topological polar surface area (TPSA) is 59.8 Å². The van der Waals surface area contributed by atoms with Crippen molar-refractivity contribution in [2.24, 2.45) is 0 Å². The normalized spacial score (nSPS) is 11.8. The Morgan fingerprint density at radius 1 is 1.09 bits per heavy atom. The Bertz CT molecular complexity index is 1430. The SMILES string of the molecule is Cc1nn(Cc2cc(F)ccc2F)c(C)c1NC(=O)c1cc(C(F)(F)F)nc2ccc(Br)cc12. The van der Waals surface area contributed by atoms with Crippen molar-refractivity contribution >= 4 is 38.4 Å². The number of alkyl halides is 3. The van der Waals surface area contributed by atoms with Crippen LogP contribution in [0.4, 0.5) is 27.6 Å². The quantitative estimate of drug-likeness (QED) is 0.305. The lowest BCUT2D eigenvalue weighted by Gasteiger charge is -2.13. The zero-order chi connectivity index (χ0) is 24.8. The van der Waals surface area contributed by atoms with Crippen LogP contribution in [0.3, 0.4) is 0 Å². The molecule has 0 bridgehead atoms. The third kappa shape index (κ3) is 4.65. The summed E-state index contributed by atoms with van der Waals surface area (Å²) in [5.74, 6) is -2.02. The number of carbonyl (C=O) groups excluding carboxylic acids is 1. The summed E-state index contributed by atoms with van der Waals surface area (Å²) in [5, 5.41) is 7.11. The molecule has 0 unspecified atom stereocenters. The summed E-state index contributed by atoms with van der Waals surface area (Å²) in [7, 11) is 0. The first kappa shape index (κ1) is 23.8. The number of hydrogen-bond donors (Lipinski definition) is 1. The van der Waals surface area contributed by atoms with E-state index < -0.39 is 29.4 Å². The van der Waals surface area contributed by atoms with Gasteiger partial charge >= 0.3 is 6.18 Å². The van der Waals surface area contributed by atoms with Crippen molar-refractivity contribution in [3.63, 3.8) is 0 Å². The second-order valence-electron chi connectivity index (χ2n) is 7.61. The number of benzene rings is 2. The van der Waals surface area contributed by atoms with Crippen LogP contribution in [0.2, 0.25) is 0 Å². The molecule has 34 heavy (non-hydrogen) atoms. The van der Waals surface area contributed by atoms with E-state index in [9.17, 15) is 26.7 Å².